The van der Waals surface area contributed by atoms with Crippen molar-refractivity contribution in [2.45, 2.75) is 25.0 Å². The number of carbonyl (C=O) groups excluding carboxylic acids is 3. The van der Waals surface area contributed by atoms with E-state index in [-0.39, 0.29) is 24.3 Å². The van der Waals surface area contributed by atoms with Gasteiger partial charge in [0.15, 0.2) is 5.76 Å². The fourth-order valence-corrected chi connectivity index (χ4v) is 4.09. The maximum Gasteiger partial charge on any atom is 0.287 e. The molecule has 0 unspecified atom stereocenters. The van der Waals surface area contributed by atoms with Gasteiger partial charge in [0.05, 0.1) is 26.0 Å². The van der Waals surface area contributed by atoms with Crippen molar-refractivity contribution in [2.75, 3.05) is 31.7 Å². The Morgan fingerprint density at radius 3 is 2.44 bits per heavy atom. The number of hydrogen-bond acceptors (Lipinski definition) is 6. The molecule has 1 aliphatic heterocycles. The zero-order valence-electron chi connectivity index (χ0n) is 20.0. The van der Waals surface area contributed by atoms with E-state index in [1.165, 1.54) is 17.2 Å². The van der Waals surface area contributed by atoms with Gasteiger partial charge < -0.3 is 24.5 Å². The minimum atomic E-state index is -0.978. The smallest absolute Gasteiger partial charge is 0.287 e. The number of amides is 3. The molecule has 9 nitrogen and oxygen atoms in total. The quantitative estimate of drug-likeness (QED) is 0.451. The zero-order chi connectivity index (χ0) is 25.3. The lowest BCUT2D eigenvalue weighted by Gasteiger charge is -2.32. The molecule has 1 fully saturated rings. The number of benzene rings is 2. The summed E-state index contributed by atoms with van der Waals surface area (Å²) in [4.78, 5) is 41.0. The van der Waals surface area contributed by atoms with Gasteiger partial charge in [-0.2, -0.15) is 0 Å². The van der Waals surface area contributed by atoms with Crippen LogP contribution < -0.4 is 20.3 Å². The summed E-state index contributed by atoms with van der Waals surface area (Å²) in [6, 6.07) is 18.0. The summed E-state index contributed by atoms with van der Waals surface area (Å²) in [5.74, 6) is -0.648. The zero-order valence-corrected chi connectivity index (χ0v) is 20.0. The predicted molar refractivity (Wildman–Crippen MR) is 133 cm³/mol. The van der Waals surface area contributed by atoms with Crippen LogP contribution in [0.3, 0.4) is 0 Å². The molecule has 0 spiro atoms. The average Bonchev–Trinajstić information content (AvgIpc) is 3.64. The number of methoxy groups -OCH3 is 1. The Labute approximate surface area is 209 Å². The molecular formula is C27H29N3O6. The first-order valence-electron chi connectivity index (χ1n) is 11.8. The predicted octanol–water partition coefficient (Wildman–Crippen LogP) is 3.09. The Hall–Kier alpha value is -4.11. The van der Waals surface area contributed by atoms with Crippen LogP contribution in [0, 0.1) is 0 Å². The monoisotopic (exact) mass is 491 g/mol. The first kappa shape index (κ1) is 25.0. The van der Waals surface area contributed by atoms with Gasteiger partial charge in [-0.3, -0.25) is 19.3 Å². The summed E-state index contributed by atoms with van der Waals surface area (Å²) in [6.45, 7) is 0.685. The fourth-order valence-electron chi connectivity index (χ4n) is 4.09. The number of furan rings is 1. The molecule has 1 saturated heterocycles. The number of carbonyl (C=O) groups is 3. The van der Waals surface area contributed by atoms with Crippen molar-refractivity contribution in [2.24, 2.45) is 0 Å². The molecule has 3 aromatic rings. The Balaban J connectivity index is 1.63. The second kappa shape index (κ2) is 12.0. The second-order valence-electron chi connectivity index (χ2n) is 8.32. The molecule has 1 aliphatic rings. The van der Waals surface area contributed by atoms with E-state index < -0.39 is 17.9 Å². The van der Waals surface area contributed by atoms with Crippen molar-refractivity contribution in [3.8, 4) is 5.75 Å². The topological polar surface area (TPSA) is 110 Å². The number of hydrogen-bond donors (Lipinski definition) is 2. The lowest BCUT2D eigenvalue weighted by atomic mass is 10.0. The molecule has 0 radical (unpaired) electrons. The molecule has 2 N–H and O–H groups in total. The molecule has 9 heteroatoms. The van der Waals surface area contributed by atoms with Crippen LogP contribution >= 0.6 is 0 Å². The van der Waals surface area contributed by atoms with Gasteiger partial charge in [0.2, 0.25) is 11.8 Å². The first-order valence-corrected chi connectivity index (χ1v) is 11.8. The van der Waals surface area contributed by atoms with Crippen LogP contribution in [-0.2, 0) is 14.3 Å². The summed E-state index contributed by atoms with van der Waals surface area (Å²) >= 11 is 0. The summed E-state index contributed by atoms with van der Waals surface area (Å²) < 4.78 is 16.0. The Bertz CT molecular complexity index is 1140. The number of nitrogens with one attached hydrogen (secondary N) is 2. The van der Waals surface area contributed by atoms with Gasteiger partial charge in [0.25, 0.3) is 5.91 Å². The molecule has 4 rings (SSSR count). The molecule has 0 bridgehead atoms. The van der Waals surface area contributed by atoms with Crippen molar-refractivity contribution >= 4 is 23.4 Å². The molecule has 0 aliphatic carbocycles. The maximum atomic E-state index is 13.6. The van der Waals surface area contributed by atoms with Crippen molar-refractivity contribution in [1.82, 2.24) is 10.6 Å². The van der Waals surface area contributed by atoms with E-state index in [2.05, 4.69) is 10.6 Å². The van der Waals surface area contributed by atoms with Gasteiger partial charge in [-0.25, -0.2) is 0 Å². The molecule has 1 aromatic heterocycles. The van der Waals surface area contributed by atoms with Gasteiger partial charge >= 0.3 is 0 Å². The van der Waals surface area contributed by atoms with E-state index >= 15 is 0 Å². The lowest BCUT2D eigenvalue weighted by molar-refractivity contribution is -0.126. The molecule has 2 aromatic carbocycles. The second-order valence-corrected chi connectivity index (χ2v) is 8.32. The molecule has 2 heterocycles. The standard InChI is InChI=1S/C27H29N3O6/c1-34-21-13-11-20(12-14-21)30(24(31)18-29-26(32)23-10-6-16-36-23)25(19-7-3-2-4-8-19)27(33)28-17-22-9-5-15-35-22/h2-4,6-8,10-14,16,22,25H,5,9,15,17-18H2,1H3,(H,28,33)(H,29,32)/t22-,25+/m0/s1. The summed E-state index contributed by atoms with van der Waals surface area (Å²) in [5, 5.41) is 5.53. The van der Waals surface area contributed by atoms with E-state index in [1.807, 2.05) is 18.2 Å². The van der Waals surface area contributed by atoms with E-state index in [0.717, 1.165) is 12.8 Å². The summed E-state index contributed by atoms with van der Waals surface area (Å²) in [7, 11) is 1.55. The fraction of sp³-hybridized carbons (Fsp3) is 0.296. The van der Waals surface area contributed by atoms with Crippen LogP contribution in [0.2, 0.25) is 0 Å². The third-order valence-electron chi connectivity index (χ3n) is 5.91. The van der Waals surface area contributed by atoms with Gasteiger partial charge in [0, 0.05) is 18.8 Å². The van der Waals surface area contributed by atoms with E-state index in [1.54, 1.807) is 49.6 Å². The molecule has 2 atom stereocenters. The molecule has 36 heavy (non-hydrogen) atoms. The molecule has 188 valence electrons. The van der Waals surface area contributed by atoms with Crippen LogP contribution in [0.15, 0.2) is 77.4 Å². The average molecular weight is 492 g/mol. The van der Waals surface area contributed by atoms with Crippen molar-refractivity contribution in [3.63, 3.8) is 0 Å². The number of ether oxygens (including phenoxy) is 2. The van der Waals surface area contributed by atoms with E-state index in [4.69, 9.17) is 13.9 Å². The highest BCUT2D eigenvalue weighted by Crippen LogP contribution is 2.29. The summed E-state index contributed by atoms with van der Waals surface area (Å²) in [6.07, 6.45) is 3.15. The maximum absolute atomic E-state index is 13.6. The van der Waals surface area contributed by atoms with Crippen LogP contribution in [0.1, 0.15) is 35.0 Å². The summed E-state index contributed by atoms with van der Waals surface area (Å²) in [5.41, 5.74) is 1.11. The molecular weight excluding hydrogens is 462 g/mol. The largest absolute Gasteiger partial charge is 0.497 e. The Kier molecular flexibility index (Phi) is 8.36. The van der Waals surface area contributed by atoms with Gasteiger partial charge in [-0.15, -0.1) is 0 Å². The Morgan fingerprint density at radius 2 is 1.81 bits per heavy atom. The SMILES string of the molecule is COc1ccc(N(C(=O)CNC(=O)c2ccco2)[C@@H](C(=O)NC[C@@H]2CCCO2)c2ccccc2)cc1. The van der Waals surface area contributed by atoms with Crippen molar-refractivity contribution < 1.29 is 28.3 Å². The normalized spacial score (nSPS) is 15.6. The third kappa shape index (κ3) is 6.11. The van der Waals surface area contributed by atoms with Crippen LogP contribution in [0.5, 0.6) is 5.75 Å². The minimum absolute atomic E-state index is 0.0527. The first-order chi connectivity index (χ1) is 17.6. The number of nitrogens with zero attached hydrogens (tertiary/aromatic N) is 1. The van der Waals surface area contributed by atoms with E-state index in [9.17, 15) is 14.4 Å². The van der Waals surface area contributed by atoms with Gasteiger partial charge in [-0.1, -0.05) is 30.3 Å². The molecule has 0 saturated carbocycles. The molecule has 3 amide bonds. The van der Waals surface area contributed by atoms with Crippen LogP contribution in [0.25, 0.3) is 0 Å². The third-order valence-corrected chi connectivity index (χ3v) is 5.91. The lowest BCUT2D eigenvalue weighted by Crippen LogP contribution is -2.48. The van der Waals surface area contributed by atoms with Crippen LogP contribution in [0.4, 0.5) is 5.69 Å². The number of anilines is 1. The van der Waals surface area contributed by atoms with Crippen molar-refractivity contribution in [3.05, 3.63) is 84.3 Å². The van der Waals surface area contributed by atoms with E-state index in [0.29, 0.717) is 30.2 Å². The van der Waals surface area contributed by atoms with Crippen molar-refractivity contribution in [1.29, 1.82) is 0 Å². The highest BCUT2D eigenvalue weighted by atomic mass is 16.5. The highest BCUT2D eigenvalue weighted by molar-refractivity contribution is 6.04. The van der Waals surface area contributed by atoms with Crippen LogP contribution in [-0.4, -0.2) is 50.6 Å². The van der Waals surface area contributed by atoms with Gasteiger partial charge in [0.1, 0.15) is 11.8 Å². The Morgan fingerprint density at radius 1 is 1.03 bits per heavy atom. The highest BCUT2D eigenvalue weighted by Gasteiger charge is 2.33. The number of rotatable bonds is 10. The van der Waals surface area contributed by atoms with Gasteiger partial charge in [-0.05, 0) is 54.8 Å². The minimum Gasteiger partial charge on any atom is -0.497 e.